The van der Waals surface area contributed by atoms with E-state index in [1.54, 1.807) is 53.4 Å². The summed E-state index contributed by atoms with van der Waals surface area (Å²) in [7, 11) is 1.51. The number of ether oxygens (including phenoxy) is 6. The Morgan fingerprint density at radius 1 is 0.942 bits per heavy atom. The van der Waals surface area contributed by atoms with Gasteiger partial charge in [-0.25, -0.2) is 0 Å². The van der Waals surface area contributed by atoms with Gasteiger partial charge in [0.15, 0.2) is 17.8 Å². The topological polar surface area (TPSA) is 179 Å². The molecule has 69 heavy (non-hydrogen) atoms. The Morgan fingerprint density at radius 3 is 2.38 bits per heavy atom. The average Bonchev–Trinajstić information content (AvgIpc) is 3.83. The molecule has 2 aliphatic heterocycles. The molecule has 6 unspecified atom stereocenters. The van der Waals surface area contributed by atoms with Gasteiger partial charge in [-0.15, -0.1) is 6.58 Å². The number of benzene rings is 4. The Kier molecular flexibility index (Phi) is 15.1. The van der Waals surface area contributed by atoms with E-state index in [1.165, 1.54) is 7.11 Å². The van der Waals surface area contributed by atoms with Crippen molar-refractivity contribution in [3.8, 4) is 40.6 Å². The van der Waals surface area contributed by atoms with Crippen LogP contribution in [0.4, 0.5) is 0 Å². The number of oxime groups is 1. The minimum atomic E-state index is -1.56. The van der Waals surface area contributed by atoms with Crippen molar-refractivity contribution in [1.82, 2.24) is 4.90 Å². The van der Waals surface area contributed by atoms with Crippen LogP contribution in [-0.2, 0) is 16.1 Å². The van der Waals surface area contributed by atoms with Crippen molar-refractivity contribution < 1.29 is 53.1 Å². The predicted octanol–water partition coefficient (Wildman–Crippen LogP) is 9.68. The number of allylic oxidation sites excluding steroid dienone is 1. The number of aliphatic hydroxyl groups is 2. The maximum absolute atomic E-state index is 15.5. The van der Waals surface area contributed by atoms with Crippen molar-refractivity contribution in [2.24, 2.45) is 22.9 Å². The number of carbonyl (C=O) groups excluding carboxylic acids is 2. The second-order valence-electron chi connectivity index (χ2n) is 18.9. The van der Waals surface area contributed by atoms with Crippen LogP contribution in [0.1, 0.15) is 109 Å². The van der Waals surface area contributed by atoms with E-state index in [1.807, 2.05) is 57.2 Å². The zero-order valence-electron chi connectivity index (χ0n) is 39.7. The zero-order chi connectivity index (χ0) is 48.7. The summed E-state index contributed by atoms with van der Waals surface area (Å²) in [5, 5.41) is 34.8. The lowest BCUT2D eigenvalue weighted by Crippen LogP contribution is -2.70. The number of nitrogens with zero attached hydrogens (tertiary/aromatic N) is 3. The summed E-state index contributed by atoms with van der Waals surface area (Å²) in [5.74, 6) is 0.240. The number of hydrogen-bond acceptors (Lipinski definition) is 13. The van der Waals surface area contributed by atoms with Gasteiger partial charge in [0, 0.05) is 43.2 Å². The van der Waals surface area contributed by atoms with Crippen LogP contribution in [0.2, 0.25) is 0 Å². The van der Waals surface area contributed by atoms with Crippen molar-refractivity contribution in [2.75, 3.05) is 33.7 Å². The smallest absolute Gasteiger partial charge is 0.254 e. The Balaban J connectivity index is 1.37. The van der Waals surface area contributed by atoms with E-state index in [4.69, 9.17) is 38.4 Å². The molecule has 1 fully saturated rings. The quantitative estimate of drug-likeness (QED) is 0.0372. The third-order valence-electron chi connectivity index (χ3n) is 13.3. The van der Waals surface area contributed by atoms with E-state index in [9.17, 15) is 20.3 Å². The van der Waals surface area contributed by atoms with Crippen LogP contribution in [0.25, 0.3) is 0 Å². The van der Waals surface area contributed by atoms with Gasteiger partial charge >= 0.3 is 0 Å². The van der Waals surface area contributed by atoms with Crippen LogP contribution in [-0.4, -0.2) is 84.2 Å². The number of aliphatic hydroxyl groups excluding tert-OH is 2. The maximum atomic E-state index is 15.5. The zero-order valence-corrected chi connectivity index (χ0v) is 39.7. The summed E-state index contributed by atoms with van der Waals surface area (Å²) in [6.07, 6.45) is 9.13. The molecule has 6 atom stereocenters. The van der Waals surface area contributed by atoms with Gasteiger partial charge < -0.3 is 48.4 Å². The lowest BCUT2D eigenvalue weighted by atomic mass is 9.55. The van der Waals surface area contributed by atoms with Gasteiger partial charge in [0.25, 0.3) is 5.91 Å². The second-order valence-corrected chi connectivity index (χ2v) is 18.9. The normalized spacial score (nSPS) is 22.5. The van der Waals surface area contributed by atoms with Crippen molar-refractivity contribution in [3.05, 3.63) is 131 Å². The highest BCUT2D eigenvalue weighted by Crippen LogP contribution is 2.62. The molecule has 362 valence electrons. The first-order chi connectivity index (χ1) is 33.4. The van der Waals surface area contributed by atoms with Gasteiger partial charge in [-0.05, 0) is 142 Å². The Morgan fingerprint density at radius 2 is 1.67 bits per heavy atom. The van der Waals surface area contributed by atoms with Gasteiger partial charge in [0.2, 0.25) is 12.6 Å². The molecular formula is C55H61N3O11. The number of fused-ring (bicyclic) bond motifs is 3. The Labute approximate surface area is 403 Å². The fourth-order valence-corrected chi connectivity index (χ4v) is 10.3. The van der Waals surface area contributed by atoms with Gasteiger partial charge in [-0.3, -0.25) is 9.59 Å². The first-order valence-corrected chi connectivity index (χ1v) is 23.7. The number of unbranched alkanes of at least 4 members (excludes halogenated alkanes) is 2. The summed E-state index contributed by atoms with van der Waals surface area (Å²) in [6, 6.07) is 24.3. The predicted molar refractivity (Wildman–Crippen MR) is 258 cm³/mol. The molecule has 14 nitrogen and oxygen atoms in total. The molecule has 4 aromatic rings. The van der Waals surface area contributed by atoms with Gasteiger partial charge in [0.05, 0.1) is 42.5 Å². The maximum Gasteiger partial charge on any atom is 0.254 e. The molecule has 2 heterocycles. The van der Waals surface area contributed by atoms with Crippen LogP contribution < -0.4 is 23.7 Å². The van der Waals surface area contributed by atoms with E-state index >= 15 is 4.79 Å². The molecule has 0 saturated heterocycles. The summed E-state index contributed by atoms with van der Waals surface area (Å²) in [6.45, 7) is 10.2. The first-order valence-electron chi connectivity index (χ1n) is 23.7. The van der Waals surface area contributed by atoms with Crippen LogP contribution in [0.5, 0.6) is 34.5 Å². The number of amides is 1. The van der Waals surface area contributed by atoms with E-state index in [2.05, 4.69) is 18.7 Å². The molecule has 4 aliphatic rings. The van der Waals surface area contributed by atoms with Crippen molar-refractivity contribution in [1.29, 1.82) is 5.26 Å². The molecule has 4 aromatic carbocycles. The lowest BCUT2D eigenvalue weighted by Gasteiger charge is -2.60. The van der Waals surface area contributed by atoms with Gasteiger partial charge in [-0.2, -0.15) is 5.26 Å². The number of methoxy groups -OCH3 is 1. The summed E-state index contributed by atoms with van der Waals surface area (Å²) in [5.41, 5.74) is 3.61. The van der Waals surface area contributed by atoms with Crippen LogP contribution in [0.3, 0.4) is 0 Å². The van der Waals surface area contributed by atoms with E-state index < -0.39 is 23.3 Å². The highest BCUT2D eigenvalue weighted by molar-refractivity contribution is 6.03. The molecule has 0 aromatic heterocycles. The summed E-state index contributed by atoms with van der Waals surface area (Å²) < 4.78 is 38.1. The van der Waals surface area contributed by atoms with Crippen LogP contribution in [0, 0.1) is 29.1 Å². The molecule has 0 bridgehead atoms. The SMILES string of the molecule is C=CCOC12Oc3ccc(Oc4ccc(OC)c(C=O)c4)cc3C3C(CCCCO)C(CCCCO)C=C(C(=NOC(C)(C)C)CC1N(Cc1ccc4c(c1)OCO4)C(=O)c1ccc(C#N)cc1)C32. The van der Waals surface area contributed by atoms with Gasteiger partial charge in [-0.1, -0.05) is 36.2 Å². The number of hydrogen-bond donors (Lipinski definition) is 2. The molecule has 2 aliphatic carbocycles. The summed E-state index contributed by atoms with van der Waals surface area (Å²) >= 11 is 0. The van der Waals surface area contributed by atoms with Crippen LogP contribution >= 0.6 is 0 Å². The molecule has 2 N–H and O–H groups in total. The van der Waals surface area contributed by atoms with E-state index in [-0.39, 0.29) is 63.2 Å². The first kappa shape index (κ1) is 48.8. The molecule has 1 amide bonds. The Bertz CT molecular complexity index is 2610. The van der Waals surface area contributed by atoms with Crippen molar-refractivity contribution >= 4 is 17.9 Å². The monoisotopic (exact) mass is 939 g/mol. The summed E-state index contributed by atoms with van der Waals surface area (Å²) in [4.78, 5) is 35.7. The number of aldehydes is 1. The lowest BCUT2D eigenvalue weighted by molar-refractivity contribution is -0.255. The fourth-order valence-electron chi connectivity index (χ4n) is 10.3. The van der Waals surface area contributed by atoms with E-state index in [0.29, 0.717) is 69.7 Å². The third-order valence-corrected chi connectivity index (χ3v) is 13.3. The molecule has 8 rings (SSSR count). The number of nitriles is 1. The number of carbonyl (C=O) groups is 2. The molecular weight excluding hydrogens is 879 g/mol. The fraction of sp³-hybridized carbons (Fsp3) is 0.418. The van der Waals surface area contributed by atoms with Crippen LogP contribution in [0.15, 0.2) is 108 Å². The minimum Gasteiger partial charge on any atom is -0.496 e. The molecule has 0 spiro atoms. The average molecular weight is 940 g/mol. The minimum absolute atomic E-state index is 0.00253. The highest BCUT2D eigenvalue weighted by atomic mass is 16.7. The third kappa shape index (κ3) is 10.4. The van der Waals surface area contributed by atoms with Crippen molar-refractivity contribution in [3.63, 3.8) is 0 Å². The van der Waals surface area contributed by atoms with Crippen molar-refractivity contribution in [2.45, 2.75) is 95.6 Å². The van der Waals surface area contributed by atoms with E-state index in [0.717, 1.165) is 48.7 Å². The largest absolute Gasteiger partial charge is 0.496 e. The standard InChI is InChI=1S/C55H61N3O11/c1-6-25-66-55-50(58(53(62)37-16-13-35(31-56)14-17-37)32-36-15-20-48-49(26-36)65-34-64-48)30-45(57-69-54(2,3)4)43-28-38(11-7-9-23-59)42(12-8-10-24-60)51(52(43)55)44-29-41(19-22-47(44)68-55)67-40-18-21-46(63-5)39(27-40)33-61/h6,13-22,26-29,33,38,42,50-52,59-60H,1,7-12,23-25,30,32,34H2,2-5H3. The highest BCUT2D eigenvalue weighted by Gasteiger charge is 2.65. The molecule has 1 saturated carbocycles. The molecule has 14 heteroatoms. The number of rotatable bonds is 20. The second kappa shape index (κ2) is 21.3. The Hall–Kier alpha value is -6.66. The molecule has 0 radical (unpaired) electrons. The van der Waals surface area contributed by atoms with Gasteiger partial charge in [0.1, 0.15) is 34.6 Å².